The van der Waals surface area contributed by atoms with E-state index in [0.29, 0.717) is 39.6 Å². The van der Waals surface area contributed by atoms with Crippen LogP contribution in [0.3, 0.4) is 0 Å². The number of aromatic nitrogens is 1. The summed E-state index contributed by atoms with van der Waals surface area (Å²) in [5, 5.41) is 2.51. The molecule has 1 saturated heterocycles. The molecule has 0 spiro atoms. The van der Waals surface area contributed by atoms with E-state index >= 15 is 0 Å². The molecule has 5 rings (SSSR count). The van der Waals surface area contributed by atoms with Gasteiger partial charge in [-0.05, 0) is 30.3 Å². The van der Waals surface area contributed by atoms with Crippen molar-refractivity contribution in [2.45, 2.75) is 6.04 Å². The number of hydrogen-bond acceptors (Lipinski definition) is 6. The van der Waals surface area contributed by atoms with Gasteiger partial charge in [-0.15, -0.1) is 11.3 Å². The molecule has 1 atom stereocenters. The van der Waals surface area contributed by atoms with Crippen LogP contribution in [0.15, 0.2) is 59.5 Å². The minimum absolute atomic E-state index is 0.0738. The number of halogens is 1. The number of carbonyl (C=O) groups is 2. The molecule has 10 heteroatoms. The van der Waals surface area contributed by atoms with E-state index in [2.05, 4.69) is 5.32 Å². The molecular formula is C21H18ClN3O5S. The molecule has 1 aromatic carbocycles. The summed E-state index contributed by atoms with van der Waals surface area (Å²) in [5.74, 6) is 0.496. The molecule has 2 aliphatic heterocycles. The Labute approximate surface area is 186 Å². The molecule has 0 bridgehead atoms. The first-order valence-electron chi connectivity index (χ1n) is 9.36. The van der Waals surface area contributed by atoms with E-state index in [-0.39, 0.29) is 23.6 Å². The second-order valence-corrected chi connectivity index (χ2v) is 8.37. The normalized spacial score (nSPS) is 16.3. The average molecular weight is 460 g/mol. The Morgan fingerprint density at radius 1 is 1.13 bits per heavy atom. The maximum absolute atomic E-state index is 11.9. The molecule has 2 aliphatic rings. The summed E-state index contributed by atoms with van der Waals surface area (Å²) in [7, 11) is 1.59. The van der Waals surface area contributed by atoms with Gasteiger partial charge in [0.05, 0.1) is 20.6 Å². The van der Waals surface area contributed by atoms with Crippen LogP contribution < -0.4 is 20.5 Å². The second kappa shape index (κ2) is 8.83. The fraction of sp³-hybridized carbons (Fsp3) is 0.190. The maximum Gasteiger partial charge on any atom is 0.414 e. The number of anilines is 1. The van der Waals surface area contributed by atoms with Crippen LogP contribution in [0.1, 0.15) is 9.67 Å². The third kappa shape index (κ3) is 4.28. The number of amides is 2. The lowest BCUT2D eigenvalue weighted by Gasteiger charge is -2.29. The molecule has 0 aliphatic carbocycles. The van der Waals surface area contributed by atoms with Gasteiger partial charge in [-0.3, -0.25) is 19.1 Å². The molecule has 0 saturated carbocycles. The standard InChI is InChI=1S/C15H12N2O4.C6H6ClNOS/c18-14-3-1-2-6-16(14)10-4-5-12-13(7-10)20-8-11-9-21-15(19)17(11)12;1-8-6(9)4-2-3-5(7)10-4/h1-7,11H,8-9H2;2-3H,1H3,(H,8,9). The topological polar surface area (TPSA) is 89.9 Å². The van der Waals surface area contributed by atoms with Gasteiger partial charge in [0.15, 0.2) is 0 Å². The second-order valence-electron chi connectivity index (χ2n) is 6.66. The number of cyclic esters (lactones) is 1. The SMILES string of the molecule is CNC(=O)c1ccc(Cl)s1.O=C1OCC2COc3cc(-n4ccccc4=O)ccc3N12. The Hall–Kier alpha value is -3.30. The van der Waals surface area contributed by atoms with Gasteiger partial charge in [0.1, 0.15) is 25.0 Å². The van der Waals surface area contributed by atoms with Crippen LogP contribution in [0.4, 0.5) is 10.5 Å². The highest BCUT2D eigenvalue weighted by Gasteiger charge is 2.39. The largest absolute Gasteiger partial charge is 0.489 e. The van der Waals surface area contributed by atoms with Crippen LogP contribution in [0, 0.1) is 0 Å². The van der Waals surface area contributed by atoms with Crippen molar-refractivity contribution in [2.24, 2.45) is 0 Å². The van der Waals surface area contributed by atoms with Gasteiger partial charge in [0, 0.05) is 25.4 Å². The number of ether oxygens (including phenoxy) is 2. The number of carbonyl (C=O) groups excluding carboxylic acids is 2. The smallest absolute Gasteiger partial charge is 0.414 e. The Balaban J connectivity index is 0.000000196. The Morgan fingerprint density at radius 3 is 2.65 bits per heavy atom. The van der Waals surface area contributed by atoms with Crippen molar-refractivity contribution in [3.63, 3.8) is 0 Å². The number of rotatable bonds is 2. The summed E-state index contributed by atoms with van der Waals surface area (Å²) < 4.78 is 12.9. The Bertz CT molecular complexity index is 1190. The van der Waals surface area contributed by atoms with Crippen molar-refractivity contribution in [3.8, 4) is 11.4 Å². The van der Waals surface area contributed by atoms with Crippen molar-refractivity contribution in [3.05, 3.63) is 74.3 Å². The highest BCUT2D eigenvalue weighted by molar-refractivity contribution is 7.17. The lowest BCUT2D eigenvalue weighted by Crippen LogP contribution is -2.41. The van der Waals surface area contributed by atoms with E-state index in [1.807, 2.05) is 0 Å². The molecule has 31 heavy (non-hydrogen) atoms. The van der Waals surface area contributed by atoms with Gasteiger partial charge in [0.25, 0.3) is 11.5 Å². The summed E-state index contributed by atoms with van der Waals surface area (Å²) in [6.45, 7) is 0.740. The van der Waals surface area contributed by atoms with Crippen LogP contribution >= 0.6 is 22.9 Å². The number of nitrogens with zero attached hydrogens (tertiary/aromatic N) is 2. The van der Waals surface area contributed by atoms with Gasteiger partial charge < -0.3 is 14.8 Å². The highest BCUT2D eigenvalue weighted by Crippen LogP contribution is 2.37. The van der Waals surface area contributed by atoms with Crippen LogP contribution in [0.2, 0.25) is 4.34 Å². The molecule has 4 heterocycles. The number of benzene rings is 1. The van der Waals surface area contributed by atoms with Crippen LogP contribution in [-0.4, -0.2) is 42.9 Å². The van der Waals surface area contributed by atoms with Gasteiger partial charge in [-0.2, -0.15) is 0 Å². The molecule has 8 nitrogen and oxygen atoms in total. The summed E-state index contributed by atoms with van der Waals surface area (Å²) in [5.41, 5.74) is 1.26. The third-order valence-corrected chi connectivity index (χ3v) is 5.95. The molecule has 160 valence electrons. The van der Waals surface area contributed by atoms with E-state index < -0.39 is 0 Å². The van der Waals surface area contributed by atoms with E-state index in [9.17, 15) is 14.4 Å². The van der Waals surface area contributed by atoms with E-state index in [1.165, 1.54) is 22.0 Å². The van der Waals surface area contributed by atoms with Gasteiger partial charge >= 0.3 is 6.09 Å². The minimum Gasteiger partial charge on any atom is -0.489 e. The van der Waals surface area contributed by atoms with Gasteiger partial charge in [0.2, 0.25) is 0 Å². The molecule has 0 radical (unpaired) electrons. The number of nitrogens with one attached hydrogen (secondary N) is 1. The number of hydrogen-bond donors (Lipinski definition) is 1. The highest BCUT2D eigenvalue weighted by atomic mass is 35.5. The molecule has 1 unspecified atom stereocenters. The van der Waals surface area contributed by atoms with Crippen molar-refractivity contribution in [2.75, 3.05) is 25.2 Å². The van der Waals surface area contributed by atoms with Gasteiger partial charge in [-0.25, -0.2) is 4.79 Å². The van der Waals surface area contributed by atoms with Crippen molar-refractivity contribution >= 4 is 40.6 Å². The molecule has 2 aromatic heterocycles. The molecule has 2 amide bonds. The summed E-state index contributed by atoms with van der Waals surface area (Å²) in [6, 6.07) is 13.6. The van der Waals surface area contributed by atoms with Crippen molar-refractivity contribution in [1.82, 2.24) is 9.88 Å². The zero-order valence-electron chi connectivity index (χ0n) is 16.4. The fourth-order valence-electron chi connectivity index (χ4n) is 3.23. The van der Waals surface area contributed by atoms with Gasteiger partial charge in [-0.1, -0.05) is 17.7 Å². The minimum atomic E-state index is -0.353. The molecule has 1 fully saturated rings. The summed E-state index contributed by atoms with van der Waals surface area (Å²) in [6.07, 6.45) is 1.34. The summed E-state index contributed by atoms with van der Waals surface area (Å²) >= 11 is 6.87. The zero-order chi connectivity index (χ0) is 22.0. The summed E-state index contributed by atoms with van der Waals surface area (Å²) in [4.78, 5) is 36.8. The van der Waals surface area contributed by atoms with Crippen LogP contribution in [-0.2, 0) is 4.74 Å². The first kappa shape index (κ1) is 21.0. The third-order valence-electron chi connectivity index (χ3n) is 4.72. The predicted molar refractivity (Wildman–Crippen MR) is 118 cm³/mol. The monoisotopic (exact) mass is 459 g/mol. The quantitative estimate of drug-likeness (QED) is 0.635. The van der Waals surface area contributed by atoms with E-state index in [4.69, 9.17) is 21.1 Å². The Morgan fingerprint density at radius 2 is 1.94 bits per heavy atom. The average Bonchev–Trinajstić information content (AvgIpc) is 3.39. The first-order chi connectivity index (χ1) is 15.0. The predicted octanol–water partition coefficient (Wildman–Crippen LogP) is 3.32. The number of pyridine rings is 1. The lowest BCUT2D eigenvalue weighted by atomic mass is 10.1. The van der Waals surface area contributed by atoms with Crippen molar-refractivity contribution in [1.29, 1.82) is 0 Å². The maximum atomic E-state index is 11.9. The fourth-order valence-corrected chi connectivity index (χ4v) is 4.22. The number of fused-ring (bicyclic) bond motifs is 3. The van der Waals surface area contributed by atoms with Crippen LogP contribution in [0.5, 0.6) is 5.75 Å². The number of thiophene rings is 1. The molecular weight excluding hydrogens is 442 g/mol. The van der Waals surface area contributed by atoms with E-state index in [1.54, 1.807) is 60.6 Å². The molecule has 3 aromatic rings. The first-order valence-corrected chi connectivity index (χ1v) is 10.6. The van der Waals surface area contributed by atoms with E-state index in [0.717, 1.165) is 0 Å². The molecule has 1 N–H and O–H groups in total. The Kier molecular flexibility index (Phi) is 5.97. The van der Waals surface area contributed by atoms with Crippen LogP contribution in [0.25, 0.3) is 5.69 Å². The zero-order valence-corrected chi connectivity index (χ0v) is 18.0. The van der Waals surface area contributed by atoms with Crippen molar-refractivity contribution < 1.29 is 19.1 Å². The lowest BCUT2D eigenvalue weighted by molar-refractivity contribution is 0.0967.